The molecule has 2 amide bonds. The zero-order valence-electron chi connectivity index (χ0n) is 12.0. The molecule has 0 saturated carbocycles. The van der Waals surface area contributed by atoms with Crippen LogP contribution in [0.1, 0.15) is 6.92 Å². The van der Waals surface area contributed by atoms with Crippen LogP contribution >= 0.6 is 23.5 Å². The number of aliphatic imine (C=N–C) groups is 1. The number of amidine groups is 1. The van der Waals surface area contributed by atoms with Gasteiger partial charge in [-0.05, 0) is 31.2 Å². The van der Waals surface area contributed by atoms with Gasteiger partial charge in [0.25, 0.3) is 0 Å². The van der Waals surface area contributed by atoms with Crippen molar-refractivity contribution < 1.29 is 14.0 Å². The van der Waals surface area contributed by atoms with Crippen molar-refractivity contribution >= 4 is 46.2 Å². The lowest BCUT2D eigenvalue weighted by Crippen LogP contribution is -2.34. The van der Waals surface area contributed by atoms with Crippen molar-refractivity contribution in [3.63, 3.8) is 0 Å². The van der Waals surface area contributed by atoms with Crippen molar-refractivity contribution in [2.45, 2.75) is 12.2 Å². The minimum atomic E-state index is -0.358. The Hall–Kier alpha value is -1.54. The highest BCUT2D eigenvalue weighted by Crippen LogP contribution is 2.15. The summed E-state index contributed by atoms with van der Waals surface area (Å²) in [6.07, 6.45) is 0. The fourth-order valence-electron chi connectivity index (χ4n) is 1.62. The summed E-state index contributed by atoms with van der Waals surface area (Å²) >= 11 is 2.75. The Kier molecular flexibility index (Phi) is 6.26. The number of hydrogen-bond donors (Lipinski definition) is 2. The zero-order chi connectivity index (χ0) is 15.9. The molecule has 8 heteroatoms. The summed E-state index contributed by atoms with van der Waals surface area (Å²) in [6, 6.07) is 5.53. The van der Waals surface area contributed by atoms with Crippen LogP contribution < -0.4 is 10.6 Å². The molecule has 0 bridgehead atoms. The van der Waals surface area contributed by atoms with Crippen LogP contribution in [-0.2, 0) is 9.59 Å². The number of nitrogens with one attached hydrogen (secondary N) is 2. The molecule has 118 valence electrons. The van der Waals surface area contributed by atoms with Gasteiger partial charge in [0, 0.05) is 11.4 Å². The second kappa shape index (κ2) is 8.19. The number of thioether (sulfide) groups is 2. The Bertz CT molecular complexity index is 578. The second-order valence-electron chi connectivity index (χ2n) is 4.53. The minimum absolute atomic E-state index is 0.144. The average Bonchev–Trinajstić information content (AvgIpc) is 3.00. The second-order valence-corrected chi connectivity index (χ2v) is 6.95. The topological polar surface area (TPSA) is 70.6 Å². The van der Waals surface area contributed by atoms with Crippen LogP contribution in [0, 0.1) is 5.82 Å². The van der Waals surface area contributed by atoms with Crippen molar-refractivity contribution in [3.05, 3.63) is 30.1 Å². The van der Waals surface area contributed by atoms with Gasteiger partial charge in [0.15, 0.2) is 5.17 Å². The molecule has 1 aliphatic rings. The Labute approximate surface area is 136 Å². The first kappa shape index (κ1) is 16.8. The summed E-state index contributed by atoms with van der Waals surface area (Å²) in [5, 5.41) is 5.68. The average molecular weight is 341 g/mol. The van der Waals surface area contributed by atoms with Gasteiger partial charge in [0.1, 0.15) is 5.82 Å². The summed E-state index contributed by atoms with van der Waals surface area (Å²) in [4.78, 5) is 27.8. The molecule has 0 unspecified atom stereocenters. The third-order valence-electron chi connectivity index (χ3n) is 2.78. The van der Waals surface area contributed by atoms with Crippen LogP contribution in [0.5, 0.6) is 0 Å². The van der Waals surface area contributed by atoms with Gasteiger partial charge in [-0.25, -0.2) is 4.39 Å². The van der Waals surface area contributed by atoms with E-state index < -0.39 is 0 Å². The molecular formula is C14H16FN3O2S2. The third-order valence-corrected chi connectivity index (χ3v) is 4.81. The number of halogens is 1. The quantitative estimate of drug-likeness (QED) is 0.860. The molecule has 2 rings (SSSR count). The molecule has 1 aliphatic heterocycles. The number of rotatable bonds is 5. The molecule has 0 aliphatic carbocycles. The van der Waals surface area contributed by atoms with E-state index in [1.54, 1.807) is 6.92 Å². The van der Waals surface area contributed by atoms with Gasteiger partial charge in [0.05, 0.1) is 17.5 Å². The molecular weight excluding hydrogens is 325 g/mol. The summed E-state index contributed by atoms with van der Waals surface area (Å²) in [5.74, 6) is 0.282. The van der Waals surface area contributed by atoms with Gasteiger partial charge in [0.2, 0.25) is 11.8 Å². The van der Waals surface area contributed by atoms with Crippen molar-refractivity contribution in [2.75, 3.05) is 23.4 Å². The molecule has 1 atom stereocenters. The molecule has 0 aromatic heterocycles. The lowest BCUT2D eigenvalue weighted by molar-refractivity contribution is -0.118. The normalized spacial score (nSPS) is 15.1. The number of carbonyl (C=O) groups excluding carboxylic acids is 2. The molecule has 0 saturated heterocycles. The van der Waals surface area contributed by atoms with Crippen LogP contribution in [0.2, 0.25) is 0 Å². The minimum Gasteiger partial charge on any atom is -0.325 e. The van der Waals surface area contributed by atoms with Crippen LogP contribution in [-0.4, -0.2) is 40.3 Å². The number of amides is 2. The maximum atomic E-state index is 12.8. The van der Waals surface area contributed by atoms with E-state index in [1.807, 2.05) is 0 Å². The number of hydrogen-bond acceptors (Lipinski definition) is 5. The van der Waals surface area contributed by atoms with E-state index in [-0.39, 0.29) is 28.6 Å². The van der Waals surface area contributed by atoms with E-state index in [9.17, 15) is 14.0 Å². The summed E-state index contributed by atoms with van der Waals surface area (Å²) in [6.45, 7) is 2.47. The SMILES string of the molecule is C[C@H](SCC(=O)Nc1ccc(F)cc1)C(=O)NC1=NCCS1. The maximum Gasteiger partial charge on any atom is 0.238 e. The first-order chi connectivity index (χ1) is 10.5. The lowest BCUT2D eigenvalue weighted by atomic mass is 10.3. The highest BCUT2D eigenvalue weighted by molar-refractivity contribution is 8.14. The first-order valence-electron chi connectivity index (χ1n) is 6.70. The van der Waals surface area contributed by atoms with E-state index in [0.29, 0.717) is 10.9 Å². The molecule has 0 fully saturated rings. The molecule has 1 heterocycles. The smallest absolute Gasteiger partial charge is 0.238 e. The summed E-state index contributed by atoms with van der Waals surface area (Å²) in [7, 11) is 0. The molecule has 0 spiro atoms. The van der Waals surface area contributed by atoms with Gasteiger partial charge < -0.3 is 10.6 Å². The van der Waals surface area contributed by atoms with E-state index >= 15 is 0 Å². The van der Waals surface area contributed by atoms with E-state index in [0.717, 1.165) is 12.3 Å². The van der Waals surface area contributed by atoms with Crippen LogP contribution in [0.15, 0.2) is 29.3 Å². The monoisotopic (exact) mass is 341 g/mol. The van der Waals surface area contributed by atoms with Gasteiger partial charge in [-0.1, -0.05) is 11.8 Å². The van der Waals surface area contributed by atoms with Crippen molar-refractivity contribution in [1.29, 1.82) is 0 Å². The molecule has 1 aromatic carbocycles. The van der Waals surface area contributed by atoms with Gasteiger partial charge in [-0.3, -0.25) is 14.6 Å². The third kappa shape index (κ3) is 5.34. The molecule has 2 N–H and O–H groups in total. The van der Waals surface area contributed by atoms with Crippen LogP contribution in [0.25, 0.3) is 0 Å². The number of carbonyl (C=O) groups is 2. The fraction of sp³-hybridized carbons (Fsp3) is 0.357. The van der Waals surface area contributed by atoms with E-state index in [1.165, 1.54) is 47.8 Å². The Morgan fingerprint density at radius 1 is 1.36 bits per heavy atom. The van der Waals surface area contributed by atoms with Crippen molar-refractivity contribution in [3.8, 4) is 0 Å². The van der Waals surface area contributed by atoms with Gasteiger partial charge in [-0.2, -0.15) is 0 Å². The van der Waals surface area contributed by atoms with Gasteiger partial charge >= 0.3 is 0 Å². The molecule has 1 aromatic rings. The number of benzene rings is 1. The molecule has 22 heavy (non-hydrogen) atoms. The van der Waals surface area contributed by atoms with Crippen molar-refractivity contribution in [1.82, 2.24) is 5.32 Å². The first-order valence-corrected chi connectivity index (χ1v) is 8.73. The number of nitrogens with zero attached hydrogens (tertiary/aromatic N) is 1. The van der Waals surface area contributed by atoms with Crippen LogP contribution in [0.4, 0.5) is 10.1 Å². The lowest BCUT2D eigenvalue weighted by Gasteiger charge is -2.11. The largest absolute Gasteiger partial charge is 0.325 e. The van der Waals surface area contributed by atoms with Crippen LogP contribution in [0.3, 0.4) is 0 Å². The van der Waals surface area contributed by atoms with E-state index in [2.05, 4.69) is 15.6 Å². The standard InChI is InChI=1S/C14H16FN3O2S2/c1-9(13(20)18-14-16-6-7-21-14)22-8-12(19)17-11-4-2-10(15)3-5-11/h2-5,9H,6-8H2,1H3,(H,17,19)(H,16,18,20)/t9-/m0/s1. The van der Waals surface area contributed by atoms with E-state index in [4.69, 9.17) is 0 Å². The molecule has 0 radical (unpaired) electrons. The highest BCUT2D eigenvalue weighted by atomic mass is 32.2. The highest BCUT2D eigenvalue weighted by Gasteiger charge is 2.18. The Balaban J connectivity index is 1.72. The fourth-order valence-corrected chi connectivity index (χ4v) is 3.04. The van der Waals surface area contributed by atoms with Gasteiger partial charge in [-0.15, -0.1) is 11.8 Å². The zero-order valence-corrected chi connectivity index (χ0v) is 13.6. The molecule has 5 nitrogen and oxygen atoms in total. The summed E-state index contributed by atoms with van der Waals surface area (Å²) < 4.78 is 12.8. The predicted octanol–water partition coefficient (Wildman–Crippen LogP) is 2.10. The van der Waals surface area contributed by atoms with Crippen molar-refractivity contribution in [2.24, 2.45) is 4.99 Å². The predicted molar refractivity (Wildman–Crippen MR) is 89.9 cm³/mol. The number of anilines is 1. The maximum absolute atomic E-state index is 12.8. The Morgan fingerprint density at radius 2 is 2.09 bits per heavy atom. The summed E-state index contributed by atoms with van der Waals surface area (Å²) in [5.41, 5.74) is 0.529. The Morgan fingerprint density at radius 3 is 2.73 bits per heavy atom.